The first-order chi connectivity index (χ1) is 9.74. The zero-order valence-corrected chi connectivity index (χ0v) is 12.3. The number of nitrogens with zero attached hydrogens (tertiary/aromatic N) is 2. The Morgan fingerprint density at radius 3 is 2.70 bits per heavy atom. The summed E-state index contributed by atoms with van der Waals surface area (Å²) in [5, 5.41) is 2.06. The first kappa shape index (κ1) is 13.0. The molecule has 3 nitrogen and oxygen atoms in total. The monoisotopic (exact) mass is 299 g/mol. The Bertz CT molecular complexity index is 712. The molecule has 0 aliphatic heterocycles. The Hall–Kier alpha value is -1.98. The van der Waals surface area contributed by atoms with Crippen LogP contribution in [-0.4, -0.2) is 14.5 Å². The predicted molar refractivity (Wildman–Crippen MR) is 87.0 cm³/mol. The zero-order valence-electron chi connectivity index (χ0n) is 10.7. The summed E-state index contributed by atoms with van der Waals surface area (Å²) in [5.41, 5.74) is 7.70. The number of nitrogens with two attached hydrogens (primary N) is 1. The lowest BCUT2D eigenvalue weighted by atomic mass is 10.1. The minimum absolute atomic E-state index is 0.429. The molecule has 0 aliphatic carbocycles. The number of hydrogen-bond acceptors (Lipinski definition) is 3. The van der Waals surface area contributed by atoms with E-state index in [1.54, 1.807) is 11.3 Å². The highest BCUT2D eigenvalue weighted by molar-refractivity contribution is 7.80. The van der Waals surface area contributed by atoms with Crippen molar-refractivity contribution in [2.75, 3.05) is 0 Å². The molecule has 0 bridgehead atoms. The summed E-state index contributed by atoms with van der Waals surface area (Å²) < 4.78 is 2.14. The molecule has 2 aromatic heterocycles. The molecule has 0 saturated heterocycles. The Morgan fingerprint density at radius 1 is 1.25 bits per heavy atom. The van der Waals surface area contributed by atoms with Crippen LogP contribution in [0.15, 0.2) is 54.2 Å². The van der Waals surface area contributed by atoms with E-state index in [9.17, 15) is 0 Å². The van der Waals surface area contributed by atoms with Gasteiger partial charge in [-0.15, -0.1) is 11.3 Å². The predicted octanol–water partition coefficient (Wildman–Crippen LogP) is 3.29. The lowest BCUT2D eigenvalue weighted by Gasteiger charge is -2.07. The van der Waals surface area contributed by atoms with Crippen LogP contribution in [-0.2, 0) is 6.54 Å². The molecule has 0 spiro atoms. The number of thiocarbonyl (C=S) groups is 1. The molecule has 3 aromatic rings. The Kier molecular flexibility index (Phi) is 3.62. The molecule has 0 atom stereocenters. The Labute approximate surface area is 126 Å². The van der Waals surface area contributed by atoms with Crippen molar-refractivity contribution in [2.45, 2.75) is 6.54 Å². The van der Waals surface area contributed by atoms with Crippen LogP contribution in [0.5, 0.6) is 0 Å². The summed E-state index contributed by atoms with van der Waals surface area (Å²) in [5.74, 6) is 0.999. The van der Waals surface area contributed by atoms with E-state index in [0.29, 0.717) is 4.99 Å². The van der Waals surface area contributed by atoms with Crippen molar-refractivity contribution in [3.63, 3.8) is 0 Å². The van der Waals surface area contributed by atoms with E-state index in [4.69, 9.17) is 18.0 Å². The molecule has 100 valence electrons. The van der Waals surface area contributed by atoms with Gasteiger partial charge in [-0.2, -0.15) is 0 Å². The summed E-state index contributed by atoms with van der Waals surface area (Å²) >= 11 is 6.65. The van der Waals surface area contributed by atoms with E-state index in [0.717, 1.165) is 17.9 Å². The second kappa shape index (κ2) is 5.56. The van der Waals surface area contributed by atoms with Crippen LogP contribution in [0.4, 0.5) is 0 Å². The van der Waals surface area contributed by atoms with Gasteiger partial charge in [0.1, 0.15) is 10.8 Å². The first-order valence-electron chi connectivity index (χ1n) is 6.18. The maximum atomic E-state index is 5.61. The molecule has 0 saturated carbocycles. The van der Waals surface area contributed by atoms with Gasteiger partial charge in [-0.1, -0.05) is 42.5 Å². The van der Waals surface area contributed by atoms with Gasteiger partial charge in [0, 0.05) is 24.5 Å². The van der Waals surface area contributed by atoms with Gasteiger partial charge in [0.05, 0.1) is 4.88 Å². The van der Waals surface area contributed by atoms with Crippen LogP contribution in [0.3, 0.4) is 0 Å². The van der Waals surface area contributed by atoms with Crippen LogP contribution < -0.4 is 5.73 Å². The van der Waals surface area contributed by atoms with Crippen LogP contribution in [0, 0.1) is 0 Å². The minimum Gasteiger partial charge on any atom is -0.389 e. The molecule has 0 amide bonds. The third-order valence-corrected chi connectivity index (χ3v) is 4.15. The summed E-state index contributed by atoms with van der Waals surface area (Å²) in [6, 6.07) is 12.1. The van der Waals surface area contributed by atoms with Crippen molar-refractivity contribution >= 4 is 28.5 Å². The van der Waals surface area contributed by atoms with Crippen molar-refractivity contribution in [3.05, 3.63) is 65.3 Å². The maximum Gasteiger partial charge on any atom is 0.150 e. The molecular formula is C15H13N3S2. The molecule has 20 heavy (non-hydrogen) atoms. The lowest BCUT2D eigenvalue weighted by Crippen LogP contribution is -2.09. The molecule has 2 heterocycles. The molecule has 5 heteroatoms. The highest BCUT2D eigenvalue weighted by Gasteiger charge is 2.07. The van der Waals surface area contributed by atoms with Crippen LogP contribution in [0.2, 0.25) is 0 Å². The van der Waals surface area contributed by atoms with Gasteiger partial charge in [-0.25, -0.2) is 4.98 Å². The third kappa shape index (κ3) is 2.64. The molecule has 0 fully saturated rings. The summed E-state index contributed by atoms with van der Waals surface area (Å²) in [6.45, 7) is 0.783. The molecule has 1 aromatic carbocycles. The largest absolute Gasteiger partial charge is 0.389 e. The quantitative estimate of drug-likeness (QED) is 0.752. The van der Waals surface area contributed by atoms with Crippen molar-refractivity contribution in [3.8, 4) is 10.7 Å². The molecule has 2 N–H and O–H groups in total. The van der Waals surface area contributed by atoms with Gasteiger partial charge in [-0.05, 0) is 17.0 Å². The van der Waals surface area contributed by atoms with Gasteiger partial charge in [0.15, 0.2) is 0 Å². The SMILES string of the molecule is NC(=S)c1ccc(Cn2ccnc2-c2cccs2)cc1. The van der Waals surface area contributed by atoms with E-state index in [-0.39, 0.29) is 0 Å². The van der Waals surface area contributed by atoms with Crippen molar-refractivity contribution in [1.82, 2.24) is 9.55 Å². The van der Waals surface area contributed by atoms with Crippen molar-refractivity contribution in [2.24, 2.45) is 5.73 Å². The molecule has 3 rings (SSSR count). The number of aromatic nitrogens is 2. The Morgan fingerprint density at radius 2 is 2.05 bits per heavy atom. The van der Waals surface area contributed by atoms with E-state index in [2.05, 4.69) is 21.0 Å². The Balaban J connectivity index is 1.85. The van der Waals surface area contributed by atoms with E-state index >= 15 is 0 Å². The summed E-state index contributed by atoms with van der Waals surface area (Å²) in [6.07, 6.45) is 3.83. The molecule has 0 aliphatic rings. The standard InChI is InChI=1S/C15H13N3S2/c16-14(19)12-5-3-11(4-6-12)10-18-8-7-17-15(18)13-2-1-9-20-13/h1-9H,10H2,(H2,16,19). The fourth-order valence-corrected chi connectivity index (χ4v) is 2.91. The van der Waals surface area contributed by atoms with Crippen molar-refractivity contribution < 1.29 is 0 Å². The van der Waals surface area contributed by atoms with E-state index < -0.39 is 0 Å². The second-order valence-corrected chi connectivity index (χ2v) is 5.80. The summed E-state index contributed by atoms with van der Waals surface area (Å²) in [7, 11) is 0. The lowest BCUT2D eigenvalue weighted by molar-refractivity contribution is 0.809. The van der Waals surface area contributed by atoms with Crippen LogP contribution in [0.1, 0.15) is 11.1 Å². The van der Waals surface area contributed by atoms with Crippen LogP contribution in [0.25, 0.3) is 10.7 Å². The molecular weight excluding hydrogens is 286 g/mol. The molecule has 0 radical (unpaired) electrons. The van der Waals surface area contributed by atoms with Crippen molar-refractivity contribution in [1.29, 1.82) is 0 Å². The number of rotatable bonds is 4. The number of benzene rings is 1. The van der Waals surface area contributed by atoms with E-state index in [1.165, 1.54) is 10.4 Å². The van der Waals surface area contributed by atoms with Gasteiger partial charge in [-0.3, -0.25) is 0 Å². The van der Waals surface area contributed by atoms with Crippen LogP contribution >= 0.6 is 23.6 Å². The van der Waals surface area contributed by atoms with Gasteiger partial charge in [0.2, 0.25) is 0 Å². The summed E-state index contributed by atoms with van der Waals surface area (Å²) in [4.78, 5) is 6.04. The smallest absolute Gasteiger partial charge is 0.150 e. The number of thiophene rings is 1. The van der Waals surface area contributed by atoms with Gasteiger partial charge >= 0.3 is 0 Å². The fourth-order valence-electron chi connectivity index (χ4n) is 2.04. The average molecular weight is 299 g/mol. The topological polar surface area (TPSA) is 43.8 Å². The normalized spacial score (nSPS) is 10.6. The number of imidazole rings is 1. The highest BCUT2D eigenvalue weighted by atomic mass is 32.1. The van der Waals surface area contributed by atoms with E-state index in [1.807, 2.05) is 42.7 Å². The average Bonchev–Trinajstić information content (AvgIpc) is 3.09. The second-order valence-electron chi connectivity index (χ2n) is 4.42. The van der Waals surface area contributed by atoms with Gasteiger partial charge in [0.25, 0.3) is 0 Å². The minimum atomic E-state index is 0.429. The third-order valence-electron chi connectivity index (χ3n) is 3.05. The fraction of sp³-hybridized carbons (Fsp3) is 0.0667. The molecule has 0 unspecified atom stereocenters. The zero-order chi connectivity index (χ0) is 13.9. The highest BCUT2D eigenvalue weighted by Crippen LogP contribution is 2.23. The number of hydrogen-bond donors (Lipinski definition) is 1. The maximum absolute atomic E-state index is 5.61. The van der Waals surface area contributed by atoms with Gasteiger partial charge < -0.3 is 10.3 Å². The first-order valence-corrected chi connectivity index (χ1v) is 7.46.